The van der Waals surface area contributed by atoms with E-state index in [2.05, 4.69) is 5.32 Å². The summed E-state index contributed by atoms with van der Waals surface area (Å²) in [5.41, 5.74) is 0. The highest BCUT2D eigenvalue weighted by Gasteiger charge is 2.21. The summed E-state index contributed by atoms with van der Waals surface area (Å²) in [4.78, 5) is 24.4. The molecule has 0 aromatic rings. The number of amides is 2. The van der Waals surface area contributed by atoms with Gasteiger partial charge in [0.2, 0.25) is 5.91 Å². The summed E-state index contributed by atoms with van der Waals surface area (Å²) >= 11 is 1.30. The van der Waals surface area contributed by atoms with Crippen LogP contribution < -0.4 is 5.32 Å². The molecule has 6 nitrogen and oxygen atoms in total. The smallest absolute Gasteiger partial charge is 0.281 e. The van der Waals surface area contributed by atoms with E-state index in [4.69, 9.17) is 9.84 Å². The Hall–Kier alpha value is -0.790. The Morgan fingerprint density at radius 1 is 1.50 bits per heavy atom. The molecule has 1 aliphatic rings. The van der Waals surface area contributed by atoms with Crippen LogP contribution in [0.25, 0.3) is 0 Å². The molecule has 0 saturated carbocycles. The fourth-order valence-electron chi connectivity index (χ4n) is 1.52. The summed E-state index contributed by atoms with van der Waals surface area (Å²) < 4.78 is 5.06. The molecular weight excluding hydrogens is 256 g/mol. The van der Waals surface area contributed by atoms with E-state index in [1.54, 1.807) is 4.90 Å². The van der Waals surface area contributed by atoms with Gasteiger partial charge in [-0.15, -0.1) is 0 Å². The second-order valence-electron chi connectivity index (χ2n) is 3.89. The maximum atomic E-state index is 11.5. The van der Waals surface area contributed by atoms with Crippen molar-refractivity contribution in [2.75, 3.05) is 45.2 Å². The van der Waals surface area contributed by atoms with Gasteiger partial charge in [0, 0.05) is 38.4 Å². The highest BCUT2D eigenvalue weighted by molar-refractivity contribution is 8.13. The van der Waals surface area contributed by atoms with Crippen molar-refractivity contribution in [3.63, 3.8) is 0 Å². The molecule has 0 spiro atoms. The largest absolute Gasteiger partial charge is 0.394 e. The first-order valence-electron chi connectivity index (χ1n) is 6.11. The number of hydrogen-bond acceptors (Lipinski definition) is 5. The van der Waals surface area contributed by atoms with E-state index >= 15 is 0 Å². The van der Waals surface area contributed by atoms with Gasteiger partial charge in [0.1, 0.15) is 0 Å². The van der Waals surface area contributed by atoms with Crippen LogP contribution in [-0.4, -0.2) is 66.4 Å². The minimum atomic E-state index is -0.0399. The van der Waals surface area contributed by atoms with Gasteiger partial charge in [0.15, 0.2) is 0 Å². The lowest BCUT2D eigenvalue weighted by Gasteiger charge is -2.13. The highest BCUT2D eigenvalue weighted by atomic mass is 32.2. The molecule has 1 heterocycles. The molecule has 104 valence electrons. The molecule has 1 fully saturated rings. The van der Waals surface area contributed by atoms with Crippen LogP contribution in [0.3, 0.4) is 0 Å². The summed E-state index contributed by atoms with van der Waals surface area (Å²) in [6.07, 6.45) is 1.08. The zero-order valence-corrected chi connectivity index (χ0v) is 11.2. The molecule has 1 saturated heterocycles. The standard InChI is InChI=1S/C11H20N2O4S/c14-6-8-17-7-1-3-12-10(15)2-4-13-5-9-18-11(13)16/h14H,1-9H2,(H,12,15). The SMILES string of the molecule is O=C(CCN1CCSC1=O)NCCCOCCO. The monoisotopic (exact) mass is 276 g/mol. The Morgan fingerprint density at radius 2 is 2.33 bits per heavy atom. The molecule has 0 aromatic carbocycles. The lowest BCUT2D eigenvalue weighted by molar-refractivity contribution is -0.121. The van der Waals surface area contributed by atoms with E-state index in [0.717, 1.165) is 18.7 Å². The zero-order valence-electron chi connectivity index (χ0n) is 10.4. The lowest BCUT2D eigenvalue weighted by atomic mass is 10.3. The van der Waals surface area contributed by atoms with E-state index in [9.17, 15) is 9.59 Å². The van der Waals surface area contributed by atoms with Gasteiger partial charge in [-0.3, -0.25) is 9.59 Å². The van der Waals surface area contributed by atoms with Gasteiger partial charge in [0.05, 0.1) is 13.2 Å². The molecule has 18 heavy (non-hydrogen) atoms. The van der Waals surface area contributed by atoms with Crippen molar-refractivity contribution in [3.8, 4) is 0 Å². The Kier molecular flexibility index (Phi) is 7.79. The van der Waals surface area contributed by atoms with Gasteiger partial charge < -0.3 is 20.1 Å². The fourth-order valence-corrected chi connectivity index (χ4v) is 2.37. The second-order valence-corrected chi connectivity index (χ2v) is 4.94. The quantitative estimate of drug-likeness (QED) is 0.582. The Labute approximate surface area is 111 Å². The van der Waals surface area contributed by atoms with E-state index in [0.29, 0.717) is 32.7 Å². The summed E-state index contributed by atoms with van der Waals surface area (Å²) in [5, 5.41) is 11.3. The van der Waals surface area contributed by atoms with Gasteiger partial charge >= 0.3 is 0 Å². The number of ether oxygens (including phenoxy) is 1. The molecule has 2 amide bonds. The maximum Gasteiger partial charge on any atom is 0.281 e. The van der Waals surface area contributed by atoms with Crippen molar-refractivity contribution in [2.24, 2.45) is 0 Å². The van der Waals surface area contributed by atoms with E-state index in [-0.39, 0.29) is 17.8 Å². The molecule has 7 heteroatoms. The molecular formula is C11H20N2O4S. The predicted molar refractivity (Wildman–Crippen MR) is 69.6 cm³/mol. The van der Waals surface area contributed by atoms with Crippen molar-refractivity contribution < 1.29 is 19.4 Å². The van der Waals surface area contributed by atoms with Crippen LogP contribution >= 0.6 is 11.8 Å². The van der Waals surface area contributed by atoms with E-state index in [1.807, 2.05) is 0 Å². The topological polar surface area (TPSA) is 78.9 Å². The van der Waals surface area contributed by atoms with Crippen molar-refractivity contribution >= 4 is 22.9 Å². The third kappa shape index (κ3) is 6.23. The average molecular weight is 276 g/mol. The van der Waals surface area contributed by atoms with Crippen molar-refractivity contribution in [1.29, 1.82) is 0 Å². The number of nitrogens with zero attached hydrogens (tertiary/aromatic N) is 1. The summed E-state index contributed by atoms with van der Waals surface area (Å²) in [5.74, 6) is 0.782. The number of rotatable bonds is 9. The molecule has 0 aliphatic carbocycles. The van der Waals surface area contributed by atoms with Gasteiger partial charge in [-0.05, 0) is 6.42 Å². The summed E-state index contributed by atoms with van der Waals surface area (Å²) in [7, 11) is 0. The number of thioether (sulfide) groups is 1. The van der Waals surface area contributed by atoms with Crippen LogP contribution in [0.5, 0.6) is 0 Å². The minimum Gasteiger partial charge on any atom is -0.394 e. The first kappa shape index (κ1) is 15.3. The Morgan fingerprint density at radius 3 is 3.00 bits per heavy atom. The van der Waals surface area contributed by atoms with Crippen LogP contribution in [0.1, 0.15) is 12.8 Å². The van der Waals surface area contributed by atoms with Crippen molar-refractivity contribution in [3.05, 3.63) is 0 Å². The number of hydrogen-bond donors (Lipinski definition) is 2. The Bertz CT molecular complexity index is 276. The van der Waals surface area contributed by atoms with Crippen LogP contribution in [0, 0.1) is 0 Å². The van der Waals surface area contributed by atoms with E-state index in [1.165, 1.54) is 11.8 Å². The lowest BCUT2D eigenvalue weighted by Crippen LogP contribution is -2.31. The third-order valence-electron chi connectivity index (χ3n) is 2.48. The normalized spacial score (nSPS) is 15.2. The molecule has 0 bridgehead atoms. The van der Waals surface area contributed by atoms with Crippen molar-refractivity contribution in [1.82, 2.24) is 10.2 Å². The Balaban J connectivity index is 1.95. The molecule has 0 atom stereocenters. The molecule has 0 unspecified atom stereocenters. The van der Waals surface area contributed by atoms with E-state index < -0.39 is 0 Å². The van der Waals surface area contributed by atoms with Crippen LogP contribution in [0.4, 0.5) is 4.79 Å². The number of aliphatic hydroxyl groups excluding tert-OH is 1. The molecule has 2 N–H and O–H groups in total. The maximum absolute atomic E-state index is 11.5. The molecule has 0 radical (unpaired) electrons. The first-order valence-corrected chi connectivity index (χ1v) is 7.09. The second kappa shape index (κ2) is 9.18. The summed E-state index contributed by atoms with van der Waals surface area (Å²) in [6.45, 7) is 2.69. The number of carbonyl (C=O) groups is 2. The predicted octanol–water partition coefficient (Wildman–Crippen LogP) is 0.0605. The third-order valence-corrected chi connectivity index (χ3v) is 3.37. The molecule has 1 rings (SSSR count). The van der Waals surface area contributed by atoms with Gasteiger partial charge in [-0.25, -0.2) is 0 Å². The average Bonchev–Trinajstić information content (AvgIpc) is 2.77. The summed E-state index contributed by atoms with van der Waals surface area (Å²) in [6, 6.07) is 0. The molecule has 0 aromatic heterocycles. The zero-order chi connectivity index (χ0) is 13.2. The van der Waals surface area contributed by atoms with Crippen LogP contribution in [0.2, 0.25) is 0 Å². The number of nitrogens with one attached hydrogen (secondary N) is 1. The number of carbonyl (C=O) groups excluding carboxylic acids is 2. The van der Waals surface area contributed by atoms with Crippen LogP contribution in [0.15, 0.2) is 0 Å². The molecule has 1 aliphatic heterocycles. The van der Waals surface area contributed by atoms with Crippen LogP contribution in [-0.2, 0) is 9.53 Å². The van der Waals surface area contributed by atoms with Gasteiger partial charge in [0.25, 0.3) is 5.24 Å². The minimum absolute atomic E-state index is 0.0221. The van der Waals surface area contributed by atoms with Crippen molar-refractivity contribution in [2.45, 2.75) is 12.8 Å². The first-order chi connectivity index (χ1) is 8.74. The highest BCUT2D eigenvalue weighted by Crippen LogP contribution is 2.16. The number of aliphatic hydroxyl groups is 1. The fraction of sp³-hybridized carbons (Fsp3) is 0.818. The van der Waals surface area contributed by atoms with Gasteiger partial charge in [-0.2, -0.15) is 0 Å². The van der Waals surface area contributed by atoms with Gasteiger partial charge in [-0.1, -0.05) is 11.8 Å².